The van der Waals surface area contributed by atoms with E-state index in [4.69, 9.17) is 18.9 Å². The predicted molar refractivity (Wildman–Crippen MR) is 159 cm³/mol. The number of nitrogens with one attached hydrogen (secondary N) is 1. The summed E-state index contributed by atoms with van der Waals surface area (Å²) in [6.45, 7) is 7.16. The zero-order valence-corrected chi connectivity index (χ0v) is 27.3. The first-order valence-electron chi connectivity index (χ1n) is 15.6. The lowest BCUT2D eigenvalue weighted by atomic mass is 10.0. The number of benzene rings is 1. The van der Waals surface area contributed by atoms with Crippen LogP contribution in [0.3, 0.4) is 0 Å². The molecule has 4 rings (SSSR count). The highest BCUT2D eigenvalue weighted by Crippen LogP contribution is 2.33. The lowest BCUT2D eigenvalue weighted by molar-refractivity contribution is -0.148. The van der Waals surface area contributed by atoms with Gasteiger partial charge in [0.05, 0.1) is 38.7 Å². The molecule has 1 N–H and O–H groups in total. The largest absolute Gasteiger partial charge is 0.458 e. The lowest BCUT2D eigenvalue weighted by Gasteiger charge is -2.31. The molecule has 272 valence electrons. The van der Waals surface area contributed by atoms with Gasteiger partial charge in [-0.1, -0.05) is 0 Å². The number of halogens is 6. The molecule has 0 aliphatic carbocycles. The Kier molecular flexibility index (Phi) is 12.5. The highest BCUT2D eigenvalue weighted by molar-refractivity contribution is 5.89. The van der Waals surface area contributed by atoms with Crippen LogP contribution in [0.15, 0.2) is 12.1 Å². The van der Waals surface area contributed by atoms with E-state index in [-0.39, 0.29) is 37.6 Å². The third-order valence-electron chi connectivity index (χ3n) is 7.62. The molecule has 0 spiro atoms. The number of alkyl halides is 3. The van der Waals surface area contributed by atoms with Crippen molar-refractivity contribution in [3.05, 3.63) is 52.4 Å². The number of alkyl carbamates (subject to hydrolysis) is 1. The summed E-state index contributed by atoms with van der Waals surface area (Å²) in [6.07, 6.45) is -6.88. The van der Waals surface area contributed by atoms with Crippen molar-refractivity contribution in [3.8, 4) is 0 Å². The van der Waals surface area contributed by atoms with E-state index in [1.54, 1.807) is 20.8 Å². The minimum atomic E-state index is -4.92. The smallest absolute Gasteiger partial charge is 0.449 e. The summed E-state index contributed by atoms with van der Waals surface area (Å²) in [6, 6.07) is -0.268. The summed E-state index contributed by atoms with van der Waals surface area (Å²) in [5, 5.41) is 2.43. The van der Waals surface area contributed by atoms with Gasteiger partial charge in [-0.3, -0.25) is 9.69 Å². The Hall–Kier alpha value is -3.90. The number of carbonyl (C=O) groups excluding carboxylic acids is 3. The molecule has 3 heterocycles. The Labute approximate surface area is 278 Å². The van der Waals surface area contributed by atoms with Crippen molar-refractivity contribution in [2.45, 2.75) is 64.5 Å². The maximum absolute atomic E-state index is 14.5. The summed E-state index contributed by atoms with van der Waals surface area (Å²) in [5.41, 5.74) is -2.12. The first-order chi connectivity index (χ1) is 23.0. The van der Waals surface area contributed by atoms with E-state index >= 15 is 0 Å². The average Bonchev–Trinajstić information content (AvgIpc) is 3.41. The van der Waals surface area contributed by atoms with E-state index < -0.39 is 84.1 Å². The first kappa shape index (κ1) is 37.9. The molecular weight excluding hydrogens is 668 g/mol. The molecule has 0 saturated carbocycles. The number of hydrogen-bond acceptors (Lipinski definition) is 9. The number of rotatable bonds is 12. The maximum atomic E-state index is 14.5. The van der Waals surface area contributed by atoms with Crippen LogP contribution in [0.5, 0.6) is 0 Å². The molecule has 0 radical (unpaired) electrons. The number of esters is 1. The molecule has 1 fully saturated rings. The molecule has 1 atom stereocenters. The zero-order valence-electron chi connectivity index (χ0n) is 27.3. The van der Waals surface area contributed by atoms with Crippen LogP contribution in [-0.2, 0) is 49.4 Å². The number of carbonyl (C=O) groups is 3. The van der Waals surface area contributed by atoms with E-state index in [1.165, 1.54) is 0 Å². The summed E-state index contributed by atoms with van der Waals surface area (Å²) in [7, 11) is 0. The topological polar surface area (TPSA) is 124 Å². The zero-order chi connectivity index (χ0) is 35.9. The number of morpholine rings is 1. The van der Waals surface area contributed by atoms with Gasteiger partial charge in [0.1, 0.15) is 18.0 Å². The van der Waals surface area contributed by atoms with Crippen molar-refractivity contribution in [2.75, 3.05) is 59.2 Å². The van der Waals surface area contributed by atoms with Crippen molar-refractivity contribution >= 4 is 18.0 Å². The fourth-order valence-electron chi connectivity index (χ4n) is 5.32. The van der Waals surface area contributed by atoms with Gasteiger partial charge in [-0.25, -0.2) is 27.7 Å². The van der Waals surface area contributed by atoms with E-state index in [2.05, 4.69) is 15.2 Å². The number of ether oxygens (including phenoxy) is 4. The second kappa shape index (κ2) is 16.2. The monoisotopic (exact) mass is 707 g/mol. The number of hydrogen-bond donors (Lipinski definition) is 1. The van der Waals surface area contributed by atoms with Gasteiger partial charge in [-0.2, -0.15) is 13.2 Å². The predicted octanol–water partition coefficient (Wildman–Crippen LogP) is 3.69. The number of fused-ring (bicyclic) bond motifs is 1. The van der Waals surface area contributed by atoms with Crippen molar-refractivity contribution in [1.29, 1.82) is 0 Å². The molecule has 2 aliphatic heterocycles. The highest BCUT2D eigenvalue weighted by Gasteiger charge is 2.42. The van der Waals surface area contributed by atoms with Gasteiger partial charge in [-0.05, 0) is 38.8 Å². The van der Waals surface area contributed by atoms with Crippen LogP contribution in [0.4, 0.5) is 31.1 Å². The Bertz CT molecular complexity index is 1490. The molecule has 1 aromatic carbocycles. The van der Waals surface area contributed by atoms with Crippen LogP contribution in [0.25, 0.3) is 0 Å². The second-order valence-electron chi connectivity index (χ2n) is 12.5. The molecule has 1 aromatic heterocycles. The quantitative estimate of drug-likeness (QED) is 0.152. The summed E-state index contributed by atoms with van der Waals surface area (Å²) in [4.78, 5) is 45.7. The van der Waals surface area contributed by atoms with Gasteiger partial charge in [0.25, 0.3) is 0 Å². The van der Waals surface area contributed by atoms with Gasteiger partial charge in [0, 0.05) is 51.3 Å². The second-order valence-corrected chi connectivity index (χ2v) is 12.5. The van der Waals surface area contributed by atoms with Crippen molar-refractivity contribution in [1.82, 2.24) is 24.7 Å². The SMILES string of the molecule is CC(C)(C)OC(=O)NC(CC(=O)N1CCn2c(C(F)(F)F)nc(C(=O)OCCOCCN3CCOCC3)c2C1)Cc1cc(F)c(F)cc1F. The Morgan fingerprint density at radius 1 is 0.959 bits per heavy atom. The Morgan fingerprint density at radius 2 is 1.65 bits per heavy atom. The molecule has 2 aliphatic rings. The van der Waals surface area contributed by atoms with Gasteiger partial charge in [-0.15, -0.1) is 0 Å². The first-order valence-corrected chi connectivity index (χ1v) is 15.6. The molecule has 49 heavy (non-hydrogen) atoms. The third-order valence-corrected chi connectivity index (χ3v) is 7.62. The highest BCUT2D eigenvalue weighted by atomic mass is 19.4. The normalized spacial score (nSPS) is 16.2. The van der Waals surface area contributed by atoms with Crippen LogP contribution in [-0.4, -0.2) is 108 Å². The van der Waals surface area contributed by atoms with Crippen LogP contribution < -0.4 is 5.32 Å². The van der Waals surface area contributed by atoms with Crippen molar-refractivity contribution < 1.29 is 59.7 Å². The van der Waals surface area contributed by atoms with E-state index in [9.17, 15) is 40.7 Å². The minimum absolute atomic E-state index is 0.00650. The van der Waals surface area contributed by atoms with E-state index in [1.807, 2.05) is 0 Å². The molecule has 2 aromatic rings. The summed E-state index contributed by atoms with van der Waals surface area (Å²) < 4.78 is 105. The fourth-order valence-corrected chi connectivity index (χ4v) is 5.32. The Morgan fingerprint density at radius 3 is 2.33 bits per heavy atom. The molecule has 2 amide bonds. The summed E-state index contributed by atoms with van der Waals surface area (Å²) in [5.74, 6) is -7.05. The molecule has 18 heteroatoms. The number of imidazole rings is 1. The summed E-state index contributed by atoms with van der Waals surface area (Å²) >= 11 is 0. The fraction of sp³-hybridized carbons (Fsp3) is 0.613. The standard InChI is InChI=1S/C31H39F6N5O7/c1-30(2,3)49-29(45)38-20(14-19-15-22(33)23(34)17-21(19)32)16-25(43)41-4-5-42-24(18-41)26(39-28(42)31(35,36)37)27(44)48-13-12-47-11-8-40-6-9-46-10-7-40/h15,17,20H,4-14,16,18H2,1-3H3,(H,38,45). The van der Waals surface area contributed by atoms with Crippen molar-refractivity contribution in [3.63, 3.8) is 0 Å². The average molecular weight is 708 g/mol. The molecule has 1 saturated heterocycles. The van der Waals surface area contributed by atoms with Gasteiger partial charge in [0.2, 0.25) is 11.7 Å². The minimum Gasteiger partial charge on any atom is -0.458 e. The maximum Gasteiger partial charge on any atom is 0.449 e. The van der Waals surface area contributed by atoms with Crippen LogP contribution in [0.1, 0.15) is 54.8 Å². The Balaban J connectivity index is 1.44. The molecule has 1 unspecified atom stereocenters. The van der Waals surface area contributed by atoms with Gasteiger partial charge < -0.3 is 33.7 Å². The third kappa shape index (κ3) is 10.8. The van der Waals surface area contributed by atoms with E-state index in [0.717, 1.165) is 22.6 Å². The molecule has 0 bridgehead atoms. The number of aromatic nitrogens is 2. The van der Waals surface area contributed by atoms with Gasteiger partial charge in [0.15, 0.2) is 17.3 Å². The van der Waals surface area contributed by atoms with Gasteiger partial charge >= 0.3 is 18.2 Å². The number of nitrogens with zero attached hydrogens (tertiary/aromatic N) is 4. The van der Waals surface area contributed by atoms with E-state index in [0.29, 0.717) is 38.5 Å². The number of amides is 2. The van der Waals surface area contributed by atoms with Crippen LogP contribution in [0.2, 0.25) is 0 Å². The van der Waals surface area contributed by atoms with Crippen LogP contribution >= 0.6 is 0 Å². The van der Waals surface area contributed by atoms with Crippen molar-refractivity contribution in [2.24, 2.45) is 0 Å². The van der Waals surface area contributed by atoms with Crippen LogP contribution in [0, 0.1) is 17.5 Å². The molecule has 12 nitrogen and oxygen atoms in total. The molecular formula is C31H39F6N5O7. The lowest BCUT2D eigenvalue weighted by Crippen LogP contribution is -2.45.